The summed E-state index contributed by atoms with van der Waals surface area (Å²) in [6.07, 6.45) is 4.07. The number of rotatable bonds is 3. The van der Waals surface area contributed by atoms with Gasteiger partial charge in [0.15, 0.2) is 8.32 Å². The third kappa shape index (κ3) is 3.45. The molecule has 0 amide bonds. The van der Waals surface area contributed by atoms with E-state index in [1.807, 2.05) is 0 Å². The Labute approximate surface area is 122 Å². The van der Waals surface area contributed by atoms with E-state index in [0.717, 1.165) is 18.5 Å². The van der Waals surface area contributed by atoms with E-state index in [2.05, 4.69) is 44.2 Å². The summed E-state index contributed by atoms with van der Waals surface area (Å²) in [5.74, 6) is -0.280. The van der Waals surface area contributed by atoms with Crippen LogP contribution in [-0.4, -0.2) is 26.0 Å². The van der Waals surface area contributed by atoms with Crippen LogP contribution >= 0.6 is 0 Å². The molecule has 1 aliphatic rings. The van der Waals surface area contributed by atoms with Crippen molar-refractivity contribution < 1.29 is 8.82 Å². The van der Waals surface area contributed by atoms with Crippen LogP contribution in [0.25, 0.3) is 0 Å². The lowest BCUT2D eigenvalue weighted by Crippen LogP contribution is -2.44. The van der Waals surface area contributed by atoms with Gasteiger partial charge in [-0.2, -0.15) is 0 Å². The second-order valence-electron chi connectivity index (χ2n) is 7.13. The molecule has 0 unspecified atom stereocenters. The zero-order valence-corrected chi connectivity index (χ0v) is 14.0. The molecule has 2 heterocycles. The number of halogens is 1. The van der Waals surface area contributed by atoms with Crippen molar-refractivity contribution in [1.82, 2.24) is 10.3 Å². The Morgan fingerprint density at radius 1 is 1.35 bits per heavy atom. The van der Waals surface area contributed by atoms with Gasteiger partial charge >= 0.3 is 0 Å². The smallest absolute Gasteiger partial charge is 0.192 e. The van der Waals surface area contributed by atoms with Gasteiger partial charge in [-0.3, -0.25) is 4.98 Å². The Bertz CT molecular complexity index is 473. The highest BCUT2D eigenvalue weighted by Crippen LogP contribution is 2.39. The van der Waals surface area contributed by atoms with Gasteiger partial charge in [-0.1, -0.05) is 20.8 Å². The molecular formula is C15H25FN2OSi. The van der Waals surface area contributed by atoms with Crippen molar-refractivity contribution >= 4 is 8.32 Å². The predicted molar refractivity (Wildman–Crippen MR) is 81.6 cm³/mol. The molecule has 1 aliphatic heterocycles. The topological polar surface area (TPSA) is 34.1 Å². The third-order valence-electron chi connectivity index (χ3n) is 4.49. The lowest BCUT2D eigenvalue weighted by Gasteiger charge is -2.38. The van der Waals surface area contributed by atoms with Gasteiger partial charge in [0.25, 0.3) is 0 Å². The molecule has 0 bridgehead atoms. The molecule has 0 saturated carbocycles. The predicted octanol–water partition coefficient (Wildman–Crippen LogP) is 3.65. The van der Waals surface area contributed by atoms with E-state index < -0.39 is 8.32 Å². The van der Waals surface area contributed by atoms with Crippen molar-refractivity contribution in [3.63, 3.8) is 0 Å². The minimum atomic E-state index is -1.74. The van der Waals surface area contributed by atoms with Gasteiger partial charge in [-0.05, 0) is 36.2 Å². The number of hydrogen-bond donors (Lipinski definition) is 1. The molecule has 1 fully saturated rings. The summed E-state index contributed by atoms with van der Waals surface area (Å²) >= 11 is 0. The number of hydrogen-bond acceptors (Lipinski definition) is 3. The highest BCUT2D eigenvalue weighted by atomic mass is 28.4. The van der Waals surface area contributed by atoms with E-state index in [4.69, 9.17) is 4.43 Å². The molecule has 0 radical (unpaired) electrons. The van der Waals surface area contributed by atoms with E-state index in [9.17, 15) is 4.39 Å². The van der Waals surface area contributed by atoms with Gasteiger partial charge in [0.1, 0.15) is 5.82 Å². The van der Waals surface area contributed by atoms with Gasteiger partial charge in [-0.25, -0.2) is 4.39 Å². The summed E-state index contributed by atoms with van der Waals surface area (Å²) < 4.78 is 19.6. The Morgan fingerprint density at radius 3 is 2.65 bits per heavy atom. The van der Waals surface area contributed by atoms with Crippen LogP contribution in [0.5, 0.6) is 0 Å². The molecule has 112 valence electrons. The summed E-state index contributed by atoms with van der Waals surface area (Å²) in [7, 11) is -1.74. The number of nitrogens with one attached hydrogen (secondary N) is 1. The van der Waals surface area contributed by atoms with Gasteiger partial charge in [0.05, 0.1) is 12.3 Å². The lowest BCUT2D eigenvalue weighted by atomic mass is 10.1. The summed E-state index contributed by atoms with van der Waals surface area (Å²) in [5.41, 5.74) is 0.909. The van der Waals surface area contributed by atoms with Crippen LogP contribution in [0, 0.1) is 5.82 Å². The average Bonchev–Trinajstić information content (AvgIpc) is 2.75. The molecule has 1 saturated heterocycles. The first-order valence-corrected chi connectivity index (χ1v) is 10.1. The van der Waals surface area contributed by atoms with E-state index in [1.165, 1.54) is 6.20 Å². The second-order valence-corrected chi connectivity index (χ2v) is 11.9. The first-order valence-electron chi connectivity index (χ1n) is 7.21. The Morgan fingerprint density at radius 2 is 2.05 bits per heavy atom. The van der Waals surface area contributed by atoms with Crippen LogP contribution in [0.4, 0.5) is 4.39 Å². The van der Waals surface area contributed by atoms with Crippen LogP contribution < -0.4 is 5.32 Å². The summed E-state index contributed by atoms with van der Waals surface area (Å²) in [5, 5.41) is 3.63. The number of nitrogens with zero attached hydrogens (tertiary/aromatic N) is 1. The first-order chi connectivity index (χ1) is 9.19. The minimum Gasteiger partial charge on any atom is -0.413 e. The summed E-state index contributed by atoms with van der Waals surface area (Å²) in [4.78, 5) is 3.92. The summed E-state index contributed by atoms with van der Waals surface area (Å²) in [6.45, 7) is 12.1. The molecule has 0 aliphatic carbocycles. The zero-order chi connectivity index (χ0) is 15.0. The first kappa shape index (κ1) is 15.6. The Hall–Kier alpha value is -0.783. The molecule has 2 atom stereocenters. The van der Waals surface area contributed by atoms with Crippen molar-refractivity contribution in [2.24, 2.45) is 0 Å². The minimum absolute atomic E-state index is 0.146. The largest absolute Gasteiger partial charge is 0.413 e. The maximum Gasteiger partial charge on any atom is 0.192 e. The molecule has 0 aromatic carbocycles. The normalized spacial score (nSPS) is 24.1. The van der Waals surface area contributed by atoms with E-state index in [0.29, 0.717) is 0 Å². The quantitative estimate of drug-likeness (QED) is 0.865. The van der Waals surface area contributed by atoms with Gasteiger partial charge in [-0.15, -0.1) is 0 Å². The highest BCUT2D eigenvalue weighted by Gasteiger charge is 2.40. The van der Waals surface area contributed by atoms with E-state index in [1.54, 1.807) is 12.3 Å². The fourth-order valence-electron chi connectivity index (χ4n) is 2.26. The number of pyridine rings is 1. The molecule has 3 nitrogen and oxygen atoms in total. The van der Waals surface area contributed by atoms with Crippen LogP contribution in [-0.2, 0) is 4.43 Å². The molecule has 1 N–H and O–H groups in total. The van der Waals surface area contributed by atoms with Crippen LogP contribution in [0.15, 0.2) is 18.5 Å². The summed E-state index contributed by atoms with van der Waals surface area (Å²) in [6, 6.07) is 1.70. The fourth-order valence-corrected chi connectivity index (χ4v) is 3.63. The van der Waals surface area contributed by atoms with Crippen molar-refractivity contribution in [2.45, 2.75) is 57.5 Å². The van der Waals surface area contributed by atoms with E-state index in [-0.39, 0.29) is 23.0 Å². The van der Waals surface area contributed by atoms with Crippen LogP contribution in [0.2, 0.25) is 18.1 Å². The molecule has 0 spiro atoms. The Balaban J connectivity index is 2.00. The molecular weight excluding hydrogens is 271 g/mol. The maximum absolute atomic E-state index is 13.2. The Kier molecular flexibility index (Phi) is 4.32. The molecule has 1 aromatic rings. The van der Waals surface area contributed by atoms with Gasteiger partial charge in [0, 0.05) is 18.8 Å². The van der Waals surface area contributed by atoms with Crippen molar-refractivity contribution in [2.75, 3.05) is 6.54 Å². The number of aromatic nitrogens is 1. The van der Waals surface area contributed by atoms with E-state index >= 15 is 0 Å². The monoisotopic (exact) mass is 296 g/mol. The molecule has 20 heavy (non-hydrogen) atoms. The van der Waals surface area contributed by atoms with Gasteiger partial charge in [0.2, 0.25) is 0 Å². The molecule has 5 heteroatoms. The fraction of sp³-hybridized carbons (Fsp3) is 0.667. The highest BCUT2D eigenvalue weighted by molar-refractivity contribution is 6.74. The zero-order valence-electron chi connectivity index (χ0n) is 13.0. The standard InChI is InChI=1S/C15H25FN2OSi/c1-15(2,3)20(4,5)19-13-7-14(18-10-13)11-6-12(16)9-17-8-11/h6,8-9,13-14,18H,7,10H2,1-5H3/t13-,14-/m1/s1. The SMILES string of the molecule is CC(C)(C)[Si](C)(C)O[C@H]1CN[C@@H](c2cncc(F)c2)C1. The molecule has 1 aromatic heterocycles. The second kappa shape index (κ2) is 5.54. The third-order valence-corrected chi connectivity index (χ3v) is 9.02. The average molecular weight is 296 g/mol. The van der Waals surface area contributed by atoms with Crippen molar-refractivity contribution in [3.8, 4) is 0 Å². The maximum atomic E-state index is 13.2. The van der Waals surface area contributed by atoms with Crippen molar-refractivity contribution in [1.29, 1.82) is 0 Å². The van der Waals surface area contributed by atoms with Crippen molar-refractivity contribution in [3.05, 3.63) is 29.8 Å². The van der Waals surface area contributed by atoms with Crippen LogP contribution in [0.3, 0.4) is 0 Å². The van der Waals surface area contributed by atoms with Crippen LogP contribution in [0.1, 0.15) is 38.8 Å². The lowest BCUT2D eigenvalue weighted by molar-refractivity contribution is 0.197. The van der Waals surface area contributed by atoms with Gasteiger partial charge < -0.3 is 9.74 Å². The molecule has 2 rings (SSSR count).